The molecule has 7 heteroatoms. The lowest BCUT2D eigenvalue weighted by Gasteiger charge is -2.28. The molecule has 0 fully saturated rings. The third-order valence-corrected chi connectivity index (χ3v) is 4.21. The van der Waals surface area contributed by atoms with Crippen LogP contribution in [-0.4, -0.2) is 32.8 Å². The zero-order chi connectivity index (χ0) is 19.1. The fourth-order valence-corrected chi connectivity index (χ4v) is 2.84. The number of nitrogens with one attached hydrogen (secondary N) is 2. The molecule has 0 aliphatic carbocycles. The molecule has 26 heavy (non-hydrogen) atoms. The second-order valence-corrected chi connectivity index (χ2v) is 6.03. The molecule has 0 saturated heterocycles. The largest absolute Gasteiger partial charge is 0.493 e. The summed E-state index contributed by atoms with van der Waals surface area (Å²) < 4.78 is 16.0. The normalized spacial score (nSPS) is 16.6. The molecule has 1 aliphatic heterocycles. The van der Waals surface area contributed by atoms with E-state index in [-0.39, 0.29) is 6.03 Å². The smallest absolute Gasteiger partial charge is 0.338 e. The molecule has 1 aromatic rings. The van der Waals surface area contributed by atoms with Gasteiger partial charge in [0, 0.05) is 5.70 Å². The Morgan fingerprint density at radius 1 is 1.15 bits per heavy atom. The molecule has 0 unspecified atom stereocenters. The zero-order valence-electron chi connectivity index (χ0n) is 15.7. The number of methoxy groups -OCH3 is 2. The van der Waals surface area contributed by atoms with Gasteiger partial charge < -0.3 is 24.8 Å². The van der Waals surface area contributed by atoms with Crippen LogP contribution in [0.2, 0.25) is 0 Å². The topological polar surface area (TPSA) is 85.9 Å². The highest BCUT2D eigenvalue weighted by Gasteiger charge is 2.32. The first-order chi connectivity index (χ1) is 12.5. The van der Waals surface area contributed by atoms with Gasteiger partial charge in [0.15, 0.2) is 11.5 Å². The molecule has 0 bridgehead atoms. The summed E-state index contributed by atoms with van der Waals surface area (Å²) in [6, 6.07) is 4.27. The lowest BCUT2D eigenvalue weighted by atomic mass is 9.95. The number of allylic oxidation sites excluding steroid dienone is 1. The highest BCUT2D eigenvalue weighted by Crippen LogP contribution is 2.34. The molecule has 1 aromatic carbocycles. The summed E-state index contributed by atoms with van der Waals surface area (Å²) in [5, 5.41) is 5.41. The fraction of sp³-hybridized carbons (Fsp3) is 0.474. The Labute approximate surface area is 153 Å². The number of hydrogen-bond donors (Lipinski definition) is 2. The van der Waals surface area contributed by atoms with E-state index in [0.29, 0.717) is 34.9 Å². The number of amides is 2. The van der Waals surface area contributed by atoms with Crippen molar-refractivity contribution in [3.63, 3.8) is 0 Å². The van der Waals surface area contributed by atoms with Crippen LogP contribution in [0.25, 0.3) is 0 Å². The van der Waals surface area contributed by atoms with Gasteiger partial charge in [0.1, 0.15) is 0 Å². The molecule has 142 valence electrons. The van der Waals surface area contributed by atoms with Crippen molar-refractivity contribution < 1.29 is 23.8 Å². The summed E-state index contributed by atoms with van der Waals surface area (Å²) in [5.41, 5.74) is 1.57. The Morgan fingerprint density at radius 2 is 1.88 bits per heavy atom. The number of hydrogen-bond acceptors (Lipinski definition) is 5. The lowest BCUT2D eigenvalue weighted by Crippen LogP contribution is -2.45. The molecule has 0 spiro atoms. The third kappa shape index (κ3) is 4.47. The highest BCUT2D eigenvalue weighted by atomic mass is 16.5. The number of carbonyl (C=O) groups excluding carboxylic acids is 2. The van der Waals surface area contributed by atoms with Crippen molar-refractivity contribution in [3.8, 4) is 11.5 Å². The van der Waals surface area contributed by atoms with Crippen LogP contribution in [0.15, 0.2) is 29.5 Å². The van der Waals surface area contributed by atoms with Crippen LogP contribution in [0, 0.1) is 0 Å². The van der Waals surface area contributed by atoms with E-state index in [9.17, 15) is 9.59 Å². The first-order valence-electron chi connectivity index (χ1n) is 8.69. The number of unbranched alkanes of at least 4 members (excludes halogenated alkanes) is 2. The van der Waals surface area contributed by atoms with E-state index in [0.717, 1.165) is 19.3 Å². The Morgan fingerprint density at radius 3 is 2.54 bits per heavy atom. The molecule has 2 amide bonds. The average molecular weight is 362 g/mol. The maximum atomic E-state index is 12.6. The van der Waals surface area contributed by atoms with Crippen molar-refractivity contribution in [3.05, 3.63) is 35.0 Å². The van der Waals surface area contributed by atoms with Gasteiger partial charge in [-0.05, 0) is 31.0 Å². The quantitative estimate of drug-likeness (QED) is 0.548. The number of urea groups is 1. The standard InChI is InChI=1S/C19H26N2O5/c1-5-6-7-10-26-18(22)16-12(2)20-19(23)21-17(16)13-8-9-14(24-3)15(11-13)25-4/h8-9,11,17H,5-7,10H2,1-4H3,(H2,20,21,23)/t17-/m0/s1. The Hall–Kier alpha value is -2.70. The minimum atomic E-state index is -0.623. The van der Waals surface area contributed by atoms with Crippen LogP contribution in [-0.2, 0) is 9.53 Å². The minimum absolute atomic E-state index is 0.357. The van der Waals surface area contributed by atoms with E-state index in [1.165, 1.54) is 7.11 Å². The van der Waals surface area contributed by atoms with E-state index < -0.39 is 12.0 Å². The van der Waals surface area contributed by atoms with Gasteiger partial charge in [-0.25, -0.2) is 9.59 Å². The first kappa shape index (κ1) is 19.6. The van der Waals surface area contributed by atoms with Gasteiger partial charge in [-0.1, -0.05) is 25.8 Å². The monoisotopic (exact) mass is 362 g/mol. The summed E-state index contributed by atoms with van der Waals surface area (Å²) in [7, 11) is 3.08. The summed E-state index contributed by atoms with van der Waals surface area (Å²) in [4.78, 5) is 24.6. The minimum Gasteiger partial charge on any atom is -0.493 e. The van der Waals surface area contributed by atoms with Crippen LogP contribution in [0.4, 0.5) is 4.79 Å². The molecule has 2 rings (SSSR count). The van der Waals surface area contributed by atoms with E-state index in [2.05, 4.69) is 17.6 Å². The van der Waals surface area contributed by atoms with E-state index in [4.69, 9.17) is 14.2 Å². The Kier molecular flexibility index (Phi) is 6.89. The van der Waals surface area contributed by atoms with E-state index in [1.54, 1.807) is 32.2 Å². The van der Waals surface area contributed by atoms with Gasteiger partial charge in [0.2, 0.25) is 0 Å². The molecule has 7 nitrogen and oxygen atoms in total. The van der Waals surface area contributed by atoms with Crippen molar-refractivity contribution in [2.75, 3.05) is 20.8 Å². The van der Waals surface area contributed by atoms with Gasteiger partial charge in [0.05, 0.1) is 32.4 Å². The van der Waals surface area contributed by atoms with Crippen LogP contribution in [0.1, 0.15) is 44.7 Å². The number of benzene rings is 1. The van der Waals surface area contributed by atoms with Crippen LogP contribution >= 0.6 is 0 Å². The van der Waals surface area contributed by atoms with Gasteiger partial charge >= 0.3 is 12.0 Å². The highest BCUT2D eigenvalue weighted by molar-refractivity contribution is 5.95. The van der Waals surface area contributed by atoms with Gasteiger partial charge in [0.25, 0.3) is 0 Å². The summed E-state index contributed by atoms with van der Waals surface area (Å²) >= 11 is 0. The molecule has 0 radical (unpaired) electrons. The summed E-state index contributed by atoms with van der Waals surface area (Å²) in [6.45, 7) is 4.13. The second kappa shape index (κ2) is 9.12. The van der Waals surface area contributed by atoms with E-state index in [1.807, 2.05) is 0 Å². The molecule has 1 aliphatic rings. The predicted molar refractivity (Wildman–Crippen MR) is 97.1 cm³/mol. The van der Waals surface area contributed by atoms with Gasteiger partial charge in [-0.15, -0.1) is 0 Å². The van der Waals surface area contributed by atoms with Crippen molar-refractivity contribution in [2.24, 2.45) is 0 Å². The van der Waals surface area contributed by atoms with Gasteiger partial charge in [-0.3, -0.25) is 0 Å². The van der Waals surface area contributed by atoms with Crippen molar-refractivity contribution in [2.45, 2.75) is 39.2 Å². The summed E-state index contributed by atoms with van der Waals surface area (Å²) in [6.07, 6.45) is 2.86. The molecule has 0 saturated carbocycles. The number of carbonyl (C=O) groups is 2. The molecular formula is C19H26N2O5. The average Bonchev–Trinajstić information content (AvgIpc) is 2.63. The Bertz CT molecular complexity index is 699. The van der Waals surface area contributed by atoms with Crippen molar-refractivity contribution in [1.82, 2.24) is 10.6 Å². The number of rotatable bonds is 8. The second-order valence-electron chi connectivity index (χ2n) is 6.03. The SMILES string of the molecule is CCCCCOC(=O)C1=C(C)NC(=O)N[C@H]1c1ccc(OC)c(OC)c1. The maximum absolute atomic E-state index is 12.6. The summed E-state index contributed by atoms with van der Waals surface area (Å²) in [5.74, 6) is 0.651. The van der Waals surface area contributed by atoms with Gasteiger partial charge in [-0.2, -0.15) is 0 Å². The van der Waals surface area contributed by atoms with E-state index >= 15 is 0 Å². The van der Waals surface area contributed by atoms with Crippen molar-refractivity contribution >= 4 is 12.0 Å². The molecule has 0 aromatic heterocycles. The zero-order valence-corrected chi connectivity index (χ0v) is 15.7. The first-order valence-corrected chi connectivity index (χ1v) is 8.69. The third-order valence-electron chi connectivity index (χ3n) is 4.21. The Balaban J connectivity index is 2.30. The fourth-order valence-electron chi connectivity index (χ4n) is 2.84. The molecule has 1 heterocycles. The maximum Gasteiger partial charge on any atom is 0.338 e. The predicted octanol–water partition coefficient (Wildman–Crippen LogP) is 3.07. The lowest BCUT2D eigenvalue weighted by molar-refractivity contribution is -0.139. The number of esters is 1. The van der Waals surface area contributed by atoms with Crippen LogP contribution < -0.4 is 20.1 Å². The molecule has 2 N–H and O–H groups in total. The van der Waals surface area contributed by atoms with Crippen molar-refractivity contribution in [1.29, 1.82) is 0 Å². The molecular weight excluding hydrogens is 336 g/mol. The number of ether oxygens (including phenoxy) is 3. The van der Waals surface area contributed by atoms with Crippen LogP contribution in [0.5, 0.6) is 11.5 Å². The van der Waals surface area contributed by atoms with Crippen LogP contribution in [0.3, 0.4) is 0 Å². The molecule has 1 atom stereocenters.